The van der Waals surface area contributed by atoms with E-state index < -0.39 is 7.60 Å². The molecule has 0 bridgehead atoms. The van der Waals surface area contributed by atoms with Gasteiger partial charge < -0.3 is 15.1 Å². The molecule has 0 radical (unpaired) electrons. The number of hydrogen-bond acceptors (Lipinski definition) is 2. The van der Waals surface area contributed by atoms with Gasteiger partial charge in [-0.05, 0) is 5.41 Å². The third kappa shape index (κ3) is 10.1. The van der Waals surface area contributed by atoms with Crippen molar-refractivity contribution in [3.8, 4) is 0 Å². The fourth-order valence-electron chi connectivity index (χ4n) is 0.577. The largest absolute Gasteiger partial charge is 0.339 e. The summed E-state index contributed by atoms with van der Waals surface area (Å²) in [4.78, 5) is 16.9. The Balaban J connectivity index is 3.52. The number of rotatable bonds is 3. The van der Waals surface area contributed by atoms with Gasteiger partial charge in [0.1, 0.15) is 0 Å². The quantitative estimate of drug-likeness (QED) is 0.562. The highest BCUT2D eigenvalue weighted by Gasteiger charge is 2.15. The molecule has 0 amide bonds. The lowest BCUT2D eigenvalue weighted by atomic mass is 9.97. The second kappa shape index (κ2) is 3.68. The van der Waals surface area contributed by atoms with Crippen molar-refractivity contribution in [1.82, 2.24) is 5.32 Å². The molecule has 0 aromatic heterocycles. The minimum atomic E-state index is -3.86. The van der Waals surface area contributed by atoms with E-state index in [1.54, 1.807) is 0 Å². The molecular formula is C6H16NO3P. The van der Waals surface area contributed by atoms with E-state index in [9.17, 15) is 4.57 Å². The Morgan fingerprint density at radius 3 is 2.09 bits per heavy atom. The molecule has 3 N–H and O–H groups in total. The van der Waals surface area contributed by atoms with Gasteiger partial charge in [-0.2, -0.15) is 0 Å². The lowest BCUT2D eigenvalue weighted by molar-refractivity contribution is 0.351. The van der Waals surface area contributed by atoms with Crippen LogP contribution in [0.1, 0.15) is 20.8 Å². The van der Waals surface area contributed by atoms with Crippen molar-refractivity contribution in [3.05, 3.63) is 0 Å². The second-order valence-corrected chi connectivity index (χ2v) is 5.46. The molecule has 0 aromatic carbocycles. The molecule has 0 heterocycles. The lowest BCUT2D eigenvalue weighted by Crippen LogP contribution is -2.27. The monoisotopic (exact) mass is 181 g/mol. The molecule has 0 aliphatic heterocycles. The SMILES string of the molecule is CC(C)(C)CNCP(=O)(O)O. The molecule has 0 atom stereocenters. The van der Waals surface area contributed by atoms with Crippen LogP contribution in [0.4, 0.5) is 0 Å². The van der Waals surface area contributed by atoms with Crippen molar-refractivity contribution in [2.45, 2.75) is 20.8 Å². The van der Waals surface area contributed by atoms with Gasteiger partial charge >= 0.3 is 7.60 Å². The van der Waals surface area contributed by atoms with Crippen molar-refractivity contribution in [2.75, 3.05) is 12.8 Å². The number of hydrogen-bond donors (Lipinski definition) is 3. The first kappa shape index (κ1) is 11.1. The molecule has 68 valence electrons. The van der Waals surface area contributed by atoms with Crippen LogP contribution in [0.25, 0.3) is 0 Å². The van der Waals surface area contributed by atoms with Crippen molar-refractivity contribution >= 4 is 7.60 Å². The second-order valence-electron chi connectivity index (χ2n) is 3.81. The third-order valence-corrected chi connectivity index (χ3v) is 1.61. The summed E-state index contributed by atoms with van der Waals surface area (Å²) in [6.45, 7) is 6.61. The molecule has 0 saturated carbocycles. The molecule has 4 nitrogen and oxygen atoms in total. The van der Waals surface area contributed by atoms with Gasteiger partial charge in [0.25, 0.3) is 0 Å². The van der Waals surface area contributed by atoms with Crippen molar-refractivity contribution < 1.29 is 14.4 Å². The van der Waals surface area contributed by atoms with E-state index in [1.807, 2.05) is 20.8 Å². The van der Waals surface area contributed by atoms with E-state index in [1.165, 1.54) is 0 Å². The standard InChI is InChI=1S/C6H16NO3P/c1-6(2,3)4-7-5-11(8,9)10/h7H,4-5H2,1-3H3,(H2,8,9,10). The Kier molecular flexibility index (Phi) is 3.71. The smallest absolute Gasteiger partial charge is 0.324 e. The molecule has 0 unspecified atom stereocenters. The van der Waals surface area contributed by atoms with Crippen molar-refractivity contribution in [1.29, 1.82) is 0 Å². The van der Waals surface area contributed by atoms with E-state index in [0.717, 1.165) is 0 Å². The van der Waals surface area contributed by atoms with E-state index in [4.69, 9.17) is 9.79 Å². The van der Waals surface area contributed by atoms with E-state index >= 15 is 0 Å². The molecule has 0 rings (SSSR count). The minimum Gasteiger partial charge on any atom is -0.324 e. The zero-order chi connectivity index (χ0) is 9.12. The first-order chi connectivity index (χ1) is 4.71. The van der Waals surface area contributed by atoms with Gasteiger partial charge in [0, 0.05) is 6.54 Å². The zero-order valence-corrected chi connectivity index (χ0v) is 8.06. The van der Waals surface area contributed by atoms with Crippen LogP contribution in [0.3, 0.4) is 0 Å². The van der Waals surface area contributed by atoms with Crippen molar-refractivity contribution in [3.63, 3.8) is 0 Å². The third-order valence-electron chi connectivity index (χ3n) is 0.973. The lowest BCUT2D eigenvalue weighted by Gasteiger charge is -2.18. The molecular weight excluding hydrogens is 165 g/mol. The van der Waals surface area contributed by atoms with E-state index in [2.05, 4.69) is 5.32 Å². The summed E-state index contributed by atoms with van der Waals surface area (Å²) in [5.74, 6) is 0. The van der Waals surface area contributed by atoms with Crippen LogP contribution in [0.2, 0.25) is 0 Å². The van der Waals surface area contributed by atoms with Gasteiger partial charge in [0.05, 0.1) is 6.29 Å². The fraction of sp³-hybridized carbons (Fsp3) is 1.00. The predicted molar refractivity (Wildman–Crippen MR) is 44.4 cm³/mol. The van der Waals surface area contributed by atoms with Crippen LogP contribution in [0, 0.1) is 5.41 Å². The maximum absolute atomic E-state index is 10.3. The normalized spacial score (nSPS) is 13.5. The Morgan fingerprint density at radius 2 is 1.82 bits per heavy atom. The molecule has 5 heteroatoms. The van der Waals surface area contributed by atoms with Crippen LogP contribution in [-0.4, -0.2) is 22.6 Å². The van der Waals surface area contributed by atoms with Crippen LogP contribution in [0.15, 0.2) is 0 Å². The van der Waals surface area contributed by atoms with E-state index in [-0.39, 0.29) is 11.7 Å². The zero-order valence-electron chi connectivity index (χ0n) is 7.16. The van der Waals surface area contributed by atoms with Gasteiger partial charge in [-0.25, -0.2) is 0 Å². The first-order valence-corrected chi connectivity index (χ1v) is 5.26. The Hall–Kier alpha value is 0.110. The Labute approximate surface area is 67.2 Å². The highest BCUT2D eigenvalue weighted by Crippen LogP contribution is 2.32. The van der Waals surface area contributed by atoms with Crippen LogP contribution < -0.4 is 5.32 Å². The predicted octanol–water partition coefficient (Wildman–Crippen LogP) is 0.757. The highest BCUT2D eigenvalue weighted by molar-refractivity contribution is 7.51. The van der Waals surface area contributed by atoms with Crippen LogP contribution in [-0.2, 0) is 4.57 Å². The summed E-state index contributed by atoms with van der Waals surface area (Å²) in [6.07, 6.45) is -0.232. The van der Waals surface area contributed by atoms with Crippen molar-refractivity contribution in [2.24, 2.45) is 5.41 Å². The van der Waals surface area contributed by atoms with E-state index in [0.29, 0.717) is 6.54 Å². The summed E-state index contributed by atoms with van der Waals surface area (Å²) in [7, 11) is -3.86. The van der Waals surface area contributed by atoms with Crippen LogP contribution in [0.5, 0.6) is 0 Å². The Morgan fingerprint density at radius 1 is 1.36 bits per heavy atom. The molecule has 0 aliphatic carbocycles. The summed E-state index contributed by atoms with van der Waals surface area (Å²) < 4.78 is 10.3. The summed E-state index contributed by atoms with van der Waals surface area (Å²) in [5, 5.41) is 2.70. The molecule has 11 heavy (non-hydrogen) atoms. The summed E-state index contributed by atoms with van der Waals surface area (Å²) in [6, 6.07) is 0. The van der Waals surface area contributed by atoms with Crippen LogP contribution >= 0.6 is 7.60 Å². The average molecular weight is 181 g/mol. The molecule has 0 saturated heterocycles. The van der Waals surface area contributed by atoms with Gasteiger partial charge in [-0.15, -0.1) is 0 Å². The molecule has 0 fully saturated rings. The van der Waals surface area contributed by atoms with Gasteiger partial charge in [0.2, 0.25) is 0 Å². The van der Waals surface area contributed by atoms with Gasteiger partial charge in [0.15, 0.2) is 0 Å². The maximum atomic E-state index is 10.3. The number of nitrogens with one attached hydrogen (secondary N) is 1. The van der Waals surface area contributed by atoms with Gasteiger partial charge in [-0.1, -0.05) is 20.8 Å². The Bertz CT molecular complexity index is 158. The topological polar surface area (TPSA) is 69.6 Å². The minimum absolute atomic E-state index is 0.0647. The first-order valence-electron chi connectivity index (χ1n) is 3.46. The molecule has 0 spiro atoms. The molecule has 0 aliphatic rings. The summed E-state index contributed by atoms with van der Waals surface area (Å²) in [5.41, 5.74) is 0.0647. The highest BCUT2D eigenvalue weighted by atomic mass is 31.2. The summed E-state index contributed by atoms with van der Waals surface area (Å²) >= 11 is 0. The molecule has 0 aromatic rings. The van der Waals surface area contributed by atoms with Gasteiger partial charge in [-0.3, -0.25) is 4.57 Å². The average Bonchev–Trinajstić information content (AvgIpc) is 1.55. The maximum Gasteiger partial charge on any atom is 0.339 e. The fourth-order valence-corrected chi connectivity index (χ4v) is 0.980.